The summed E-state index contributed by atoms with van der Waals surface area (Å²) in [5.41, 5.74) is 0.236. The third-order valence-corrected chi connectivity index (χ3v) is 6.09. The number of ether oxygens (including phenoxy) is 1. The number of thiophene rings is 1. The fourth-order valence-corrected chi connectivity index (χ4v) is 4.86. The van der Waals surface area contributed by atoms with Crippen LogP contribution < -0.4 is 4.90 Å². The molecule has 24 heavy (non-hydrogen) atoms. The second kappa shape index (κ2) is 6.82. The van der Waals surface area contributed by atoms with Crippen molar-refractivity contribution in [3.8, 4) is 0 Å². The largest absolute Gasteiger partial charge is 0.379 e. The quantitative estimate of drug-likeness (QED) is 0.856. The lowest BCUT2D eigenvalue weighted by Gasteiger charge is -2.31. The van der Waals surface area contributed by atoms with Crippen LogP contribution in [0.25, 0.3) is 0 Å². The molecule has 2 fully saturated rings. The maximum absolute atomic E-state index is 6.00. The van der Waals surface area contributed by atoms with Crippen LogP contribution in [0, 0.1) is 12.3 Å². The second-order valence-corrected chi connectivity index (χ2v) is 8.51. The highest BCUT2D eigenvalue weighted by Gasteiger charge is 2.41. The Balaban J connectivity index is 1.46. The molecule has 1 atom stereocenters. The zero-order valence-electron chi connectivity index (χ0n) is 14.3. The van der Waals surface area contributed by atoms with Gasteiger partial charge in [-0.1, -0.05) is 6.07 Å². The number of pyridine rings is 1. The molecule has 0 aromatic carbocycles. The number of hydrogen-bond donors (Lipinski definition) is 0. The number of anilines is 1. The highest BCUT2D eigenvalue weighted by atomic mass is 32.1. The topological polar surface area (TPSA) is 28.6 Å². The van der Waals surface area contributed by atoms with Gasteiger partial charge in [0.25, 0.3) is 0 Å². The molecule has 0 amide bonds. The predicted molar refractivity (Wildman–Crippen MR) is 98.7 cm³/mol. The monoisotopic (exact) mass is 343 g/mol. The Labute approximate surface area is 148 Å². The van der Waals surface area contributed by atoms with Crippen LogP contribution >= 0.6 is 11.3 Å². The number of rotatable bonds is 3. The van der Waals surface area contributed by atoms with Crippen LogP contribution in [0.2, 0.25) is 0 Å². The number of aromatic nitrogens is 1. The average Bonchev–Trinajstić information content (AvgIpc) is 3.13. The Morgan fingerprint density at radius 2 is 2.17 bits per heavy atom. The minimum atomic E-state index is 0.236. The van der Waals surface area contributed by atoms with Crippen LogP contribution in [-0.2, 0) is 11.3 Å². The molecule has 0 unspecified atom stereocenters. The molecule has 2 aliphatic heterocycles. The number of nitrogens with zero attached hydrogens (tertiary/aromatic N) is 3. The summed E-state index contributed by atoms with van der Waals surface area (Å²) in [6.45, 7) is 9.22. The summed E-state index contributed by atoms with van der Waals surface area (Å²) < 4.78 is 6.00. The average molecular weight is 343 g/mol. The molecule has 0 N–H and O–H groups in total. The highest BCUT2D eigenvalue weighted by Crippen LogP contribution is 2.35. The first-order valence-electron chi connectivity index (χ1n) is 8.74. The van der Waals surface area contributed by atoms with E-state index < -0.39 is 0 Å². The SMILES string of the molecule is Cc1ccc(CN2CCOC[C@]3(CCN(c4ccccn4)C3)C2)s1. The lowest BCUT2D eigenvalue weighted by molar-refractivity contribution is 0.0798. The van der Waals surface area contributed by atoms with Crippen LogP contribution in [0.1, 0.15) is 16.2 Å². The fraction of sp³-hybridized carbons (Fsp3) is 0.526. The maximum atomic E-state index is 6.00. The Hall–Kier alpha value is -1.43. The van der Waals surface area contributed by atoms with Crippen molar-refractivity contribution < 1.29 is 4.74 Å². The van der Waals surface area contributed by atoms with Crippen LogP contribution in [0.15, 0.2) is 36.5 Å². The van der Waals surface area contributed by atoms with Gasteiger partial charge in [-0.2, -0.15) is 0 Å². The third kappa shape index (κ3) is 3.48. The summed E-state index contributed by atoms with van der Waals surface area (Å²) in [5.74, 6) is 1.10. The van der Waals surface area contributed by atoms with E-state index in [0.29, 0.717) is 0 Å². The van der Waals surface area contributed by atoms with E-state index in [0.717, 1.165) is 51.8 Å². The van der Waals surface area contributed by atoms with Crippen molar-refractivity contribution >= 4 is 17.2 Å². The summed E-state index contributed by atoms with van der Waals surface area (Å²) in [7, 11) is 0. The van der Waals surface area contributed by atoms with Crippen molar-refractivity contribution in [2.45, 2.75) is 19.9 Å². The van der Waals surface area contributed by atoms with Gasteiger partial charge in [0.2, 0.25) is 0 Å². The van der Waals surface area contributed by atoms with Crippen molar-refractivity contribution in [1.29, 1.82) is 0 Å². The molecule has 4 rings (SSSR count). The first-order chi connectivity index (χ1) is 11.7. The Morgan fingerprint density at radius 3 is 2.96 bits per heavy atom. The molecule has 2 aromatic rings. The molecular weight excluding hydrogens is 318 g/mol. The molecular formula is C19H25N3OS. The van der Waals surface area contributed by atoms with E-state index >= 15 is 0 Å². The first-order valence-corrected chi connectivity index (χ1v) is 9.56. The zero-order valence-corrected chi connectivity index (χ0v) is 15.1. The van der Waals surface area contributed by atoms with E-state index in [-0.39, 0.29) is 5.41 Å². The molecule has 4 heterocycles. The van der Waals surface area contributed by atoms with Gasteiger partial charge in [-0.05, 0) is 37.6 Å². The van der Waals surface area contributed by atoms with Gasteiger partial charge in [-0.3, -0.25) is 4.90 Å². The van der Waals surface area contributed by atoms with Crippen LogP contribution in [0.4, 0.5) is 5.82 Å². The van der Waals surface area contributed by atoms with Crippen LogP contribution in [0.3, 0.4) is 0 Å². The minimum absolute atomic E-state index is 0.236. The standard InChI is InChI=1S/C19H25N3OS/c1-16-5-6-17(24-16)12-21-10-11-23-15-19(13-21)7-9-22(14-19)18-4-2-3-8-20-18/h2-6,8H,7,9-15H2,1H3/t19-/m1/s1. The Bertz CT molecular complexity index is 674. The van der Waals surface area contributed by atoms with Crippen molar-refractivity contribution in [2.24, 2.45) is 5.41 Å². The Morgan fingerprint density at radius 1 is 1.21 bits per heavy atom. The maximum Gasteiger partial charge on any atom is 0.128 e. The third-order valence-electron chi connectivity index (χ3n) is 5.11. The fourth-order valence-electron chi connectivity index (χ4n) is 3.93. The van der Waals surface area contributed by atoms with Crippen molar-refractivity contribution in [3.63, 3.8) is 0 Å². The van der Waals surface area contributed by atoms with Gasteiger partial charge >= 0.3 is 0 Å². The highest BCUT2D eigenvalue weighted by molar-refractivity contribution is 7.11. The van der Waals surface area contributed by atoms with Gasteiger partial charge in [0.05, 0.1) is 13.2 Å². The molecule has 1 spiro atoms. The second-order valence-electron chi connectivity index (χ2n) is 7.14. The van der Waals surface area contributed by atoms with E-state index in [1.54, 1.807) is 0 Å². The van der Waals surface area contributed by atoms with Gasteiger partial charge in [0.1, 0.15) is 5.82 Å². The molecule has 0 radical (unpaired) electrons. The van der Waals surface area contributed by atoms with E-state index in [1.165, 1.54) is 16.2 Å². The van der Waals surface area contributed by atoms with E-state index in [1.807, 2.05) is 23.6 Å². The molecule has 0 aliphatic carbocycles. The summed E-state index contributed by atoms with van der Waals surface area (Å²) in [6, 6.07) is 10.7. The summed E-state index contributed by atoms with van der Waals surface area (Å²) >= 11 is 1.91. The van der Waals surface area contributed by atoms with E-state index in [2.05, 4.69) is 46.0 Å². The van der Waals surface area contributed by atoms with Gasteiger partial charge in [-0.15, -0.1) is 11.3 Å². The van der Waals surface area contributed by atoms with Gasteiger partial charge < -0.3 is 9.64 Å². The number of aryl methyl sites for hydroxylation is 1. The normalized spacial score (nSPS) is 25.3. The zero-order chi connectivity index (χ0) is 16.4. The molecule has 128 valence electrons. The number of hydrogen-bond acceptors (Lipinski definition) is 5. The smallest absolute Gasteiger partial charge is 0.128 e. The first kappa shape index (κ1) is 16.1. The predicted octanol–water partition coefficient (Wildman–Crippen LogP) is 3.18. The van der Waals surface area contributed by atoms with Crippen molar-refractivity contribution in [2.75, 3.05) is 44.3 Å². The van der Waals surface area contributed by atoms with Crippen molar-refractivity contribution in [3.05, 3.63) is 46.3 Å². The molecule has 5 heteroatoms. The minimum Gasteiger partial charge on any atom is -0.379 e. The molecule has 4 nitrogen and oxygen atoms in total. The Kier molecular flexibility index (Phi) is 4.57. The molecule has 2 saturated heterocycles. The van der Waals surface area contributed by atoms with Gasteiger partial charge in [0.15, 0.2) is 0 Å². The summed E-state index contributed by atoms with van der Waals surface area (Å²) in [6.07, 6.45) is 3.07. The molecule has 0 bridgehead atoms. The molecule has 0 saturated carbocycles. The van der Waals surface area contributed by atoms with Gasteiger partial charge in [-0.25, -0.2) is 4.98 Å². The summed E-state index contributed by atoms with van der Waals surface area (Å²) in [4.78, 5) is 12.4. The summed E-state index contributed by atoms with van der Waals surface area (Å²) in [5, 5.41) is 0. The lowest BCUT2D eigenvalue weighted by Crippen LogP contribution is -2.40. The van der Waals surface area contributed by atoms with Crippen LogP contribution in [-0.4, -0.2) is 49.3 Å². The molecule has 2 aromatic heterocycles. The van der Waals surface area contributed by atoms with Gasteiger partial charge in [0, 0.05) is 54.1 Å². The molecule has 2 aliphatic rings. The van der Waals surface area contributed by atoms with E-state index in [9.17, 15) is 0 Å². The lowest BCUT2D eigenvalue weighted by atomic mass is 9.87. The van der Waals surface area contributed by atoms with Crippen LogP contribution in [0.5, 0.6) is 0 Å². The van der Waals surface area contributed by atoms with E-state index in [4.69, 9.17) is 4.74 Å². The van der Waals surface area contributed by atoms with Crippen molar-refractivity contribution in [1.82, 2.24) is 9.88 Å².